The van der Waals surface area contributed by atoms with Gasteiger partial charge in [0.2, 0.25) is 0 Å². The molecule has 0 aliphatic heterocycles. The first-order valence-electron chi connectivity index (χ1n) is 7.50. The van der Waals surface area contributed by atoms with E-state index in [1.807, 2.05) is 6.92 Å². The van der Waals surface area contributed by atoms with Crippen molar-refractivity contribution in [3.8, 4) is 5.75 Å². The maximum Gasteiger partial charge on any atom is 0.338 e. The Morgan fingerprint density at radius 2 is 1.79 bits per heavy atom. The van der Waals surface area contributed by atoms with Crippen LogP contribution in [0.4, 0.5) is 10.1 Å². The quantitative estimate of drug-likeness (QED) is 0.824. The van der Waals surface area contributed by atoms with Crippen LogP contribution in [0.5, 0.6) is 5.75 Å². The second-order valence-electron chi connectivity index (χ2n) is 4.97. The SMILES string of the molecule is CCOc1ccccc1NC(=O)[C@H](C)OC(=O)c1ccc(F)cc1. The van der Waals surface area contributed by atoms with E-state index in [4.69, 9.17) is 9.47 Å². The van der Waals surface area contributed by atoms with E-state index in [0.29, 0.717) is 18.0 Å². The number of rotatable bonds is 6. The highest BCUT2D eigenvalue weighted by atomic mass is 19.1. The fourth-order valence-corrected chi connectivity index (χ4v) is 1.95. The topological polar surface area (TPSA) is 64.6 Å². The van der Waals surface area contributed by atoms with Crippen LogP contribution in [0.2, 0.25) is 0 Å². The molecule has 0 spiro atoms. The summed E-state index contributed by atoms with van der Waals surface area (Å²) in [7, 11) is 0. The highest BCUT2D eigenvalue weighted by molar-refractivity contribution is 5.98. The van der Waals surface area contributed by atoms with Crippen molar-refractivity contribution in [3.63, 3.8) is 0 Å². The molecular formula is C18H18FNO4. The van der Waals surface area contributed by atoms with Gasteiger partial charge in [0, 0.05) is 0 Å². The minimum atomic E-state index is -1.02. The van der Waals surface area contributed by atoms with E-state index in [0.717, 1.165) is 12.1 Å². The van der Waals surface area contributed by atoms with Gasteiger partial charge in [-0.05, 0) is 50.2 Å². The molecule has 2 aromatic rings. The summed E-state index contributed by atoms with van der Waals surface area (Å²) in [6.07, 6.45) is -1.02. The molecular weight excluding hydrogens is 313 g/mol. The number of hydrogen-bond donors (Lipinski definition) is 1. The normalized spacial score (nSPS) is 11.5. The van der Waals surface area contributed by atoms with Crippen molar-refractivity contribution < 1.29 is 23.5 Å². The zero-order chi connectivity index (χ0) is 17.5. The van der Waals surface area contributed by atoms with Gasteiger partial charge in [0.15, 0.2) is 6.10 Å². The van der Waals surface area contributed by atoms with Crippen LogP contribution in [0.15, 0.2) is 48.5 Å². The third-order valence-electron chi connectivity index (χ3n) is 3.18. The maximum atomic E-state index is 12.9. The summed E-state index contributed by atoms with van der Waals surface area (Å²) >= 11 is 0. The highest BCUT2D eigenvalue weighted by Gasteiger charge is 2.20. The molecule has 24 heavy (non-hydrogen) atoms. The molecule has 5 nitrogen and oxygen atoms in total. The van der Waals surface area contributed by atoms with Crippen LogP contribution >= 0.6 is 0 Å². The number of nitrogens with one attached hydrogen (secondary N) is 1. The third kappa shape index (κ3) is 4.55. The van der Waals surface area contributed by atoms with Gasteiger partial charge in [-0.25, -0.2) is 9.18 Å². The number of carbonyl (C=O) groups is 2. The minimum Gasteiger partial charge on any atom is -0.492 e. The van der Waals surface area contributed by atoms with Crippen LogP contribution in [0.1, 0.15) is 24.2 Å². The molecule has 2 aromatic carbocycles. The van der Waals surface area contributed by atoms with Gasteiger partial charge in [0.25, 0.3) is 5.91 Å². The molecule has 2 rings (SSSR count). The van der Waals surface area contributed by atoms with Crippen molar-refractivity contribution in [2.75, 3.05) is 11.9 Å². The third-order valence-corrected chi connectivity index (χ3v) is 3.18. The van der Waals surface area contributed by atoms with Gasteiger partial charge in [0.05, 0.1) is 17.9 Å². The van der Waals surface area contributed by atoms with Crippen molar-refractivity contribution >= 4 is 17.6 Å². The number of carbonyl (C=O) groups excluding carboxylic acids is 2. The summed E-state index contributed by atoms with van der Waals surface area (Å²) in [4.78, 5) is 24.1. The summed E-state index contributed by atoms with van der Waals surface area (Å²) in [5.74, 6) is -1.11. The molecule has 0 aliphatic carbocycles. The number of anilines is 1. The van der Waals surface area contributed by atoms with Gasteiger partial charge in [-0.1, -0.05) is 12.1 Å². The standard InChI is InChI=1S/C18H18FNO4/c1-3-23-16-7-5-4-6-15(16)20-17(21)12(2)24-18(22)13-8-10-14(19)11-9-13/h4-12H,3H2,1-2H3,(H,20,21)/t12-/m0/s1. The number of ether oxygens (including phenoxy) is 2. The monoisotopic (exact) mass is 331 g/mol. The molecule has 1 N–H and O–H groups in total. The van der Waals surface area contributed by atoms with Gasteiger partial charge in [-0.15, -0.1) is 0 Å². The predicted octanol–water partition coefficient (Wildman–Crippen LogP) is 3.41. The Morgan fingerprint density at radius 3 is 2.46 bits per heavy atom. The first-order valence-corrected chi connectivity index (χ1v) is 7.50. The van der Waals surface area contributed by atoms with Crippen LogP contribution < -0.4 is 10.1 Å². The molecule has 0 heterocycles. The fourth-order valence-electron chi connectivity index (χ4n) is 1.95. The largest absolute Gasteiger partial charge is 0.492 e. The van der Waals surface area contributed by atoms with E-state index in [1.54, 1.807) is 24.3 Å². The number of esters is 1. The molecule has 0 aliphatic rings. The van der Waals surface area contributed by atoms with E-state index in [9.17, 15) is 14.0 Å². The molecule has 0 fully saturated rings. The molecule has 0 aromatic heterocycles. The Hall–Kier alpha value is -2.89. The summed E-state index contributed by atoms with van der Waals surface area (Å²) in [5.41, 5.74) is 0.666. The second-order valence-corrected chi connectivity index (χ2v) is 4.97. The Labute approximate surface area is 139 Å². The smallest absolute Gasteiger partial charge is 0.338 e. The van der Waals surface area contributed by atoms with Crippen LogP contribution in [0.25, 0.3) is 0 Å². The molecule has 0 saturated heterocycles. The lowest BCUT2D eigenvalue weighted by atomic mass is 10.2. The fraction of sp³-hybridized carbons (Fsp3) is 0.222. The maximum absolute atomic E-state index is 12.9. The zero-order valence-corrected chi connectivity index (χ0v) is 13.4. The molecule has 6 heteroatoms. The Balaban J connectivity index is 1.99. The van der Waals surface area contributed by atoms with Gasteiger partial charge >= 0.3 is 5.97 Å². The van der Waals surface area contributed by atoms with Gasteiger partial charge in [-0.3, -0.25) is 4.79 Å². The Kier molecular flexibility index (Phi) is 5.89. The molecule has 0 unspecified atom stereocenters. The van der Waals surface area contributed by atoms with Crippen LogP contribution in [0, 0.1) is 5.82 Å². The summed E-state index contributed by atoms with van der Waals surface area (Å²) in [6.45, 7) is 3.76. The lowest BCUT2D eigenvalue weighted by Gasteiger charge is -2.15. The van der Waals surface area contributed by atoms with Crippen molar-refractivity contribution in [2.24, 2.45) is 0 Å². The highest BCUT2D eigenvalue weighted by Crippen LogP contribution is 2.24. The number of hydrogen-bond acceptors (Lipinski definition) is 4. The van der Waals surface area contributed by atoms with Crippen molar-refractivity contribution in [3.05, 3.63) is 59.9 Å². The molecule has 1 atom stereocenters. The lowest BCUT2D eigenvalue weighted by Crippen LogP contribution is -2.30. The van der Waals surface area contributed by atoms with Crippen molar-refractivity contribution in [1.82, 2.24) is 0 Å². The van der Waals surface area contributed by atoms with E-state index in [-0.39, 0.29) is 5.56 Å². The van der Waals surface area contributed by atoms with E-state index >= 15 is 0 Å². The van der Waals surface area contributed by atoms with Gasteiger partial charge < -0.3 is 14.8 Å². The van der Waals surface area contributed by atoms with E-state index in [1.165, 1.54) is 19.1 Å². The summed E-state index contributed by atoms with van der Waals surface area (Å²) in [6, 6.07) is 11.9. The molecule has 0 saturated carbocycles. The first kappa shape index (κ1) is 17.5. The van der Waals surface area contributed by atoms with Crippen LogP contribution in [-0.4, -0.2) is 24.6 Å². The average molecular weight is 331 g/mol. The Morgan fingerprint density at radius 1 is 1.12 bits per heavy atom. The second kappa shape index (κ2) is 8.10. The lowest BCUT2D eigenvalue weighted by molar-refractivity contribution is -0.123. The van der Waals surface area contributed by atoms with Crippen molar-refractivity contribution in [1.29, 1.82) is 0 Å². The van der Waals surface area contributed by atoms with E-state index < -0.39 is 23.8 Å². The van der Waals surface area contributed by atoms with E-state index in [2.05, 4.69) is 5.32 Å². The van der Waals surface area contributed by atoms with Crippen molar-refractivity contribution in [2.45, 2.75) is 20.0 Å². The number of amides is 1. The number of para-hydroxylation sites is 2. The van der Waals surface area contributed by atoms with Gasteiger partial charge in [-0.2, -0.15) is 0 Å². The van der Waals surface area contributed by atoms with Gasteiger partial charge in [0.1, 0.15) is 11.6 Å². The predicted molar refractivity (Wildman–Crippen MR) is 87.5 cm³/mol. The molecule has 0 bridgehead atoms. The summed E-state index contributed by atoms with van der Waals surface area (Å²) < 4.78 is 23.4. The molecule has 1 amide bonds. The first-order chi connectivity index (χ1) is 11.5. The zero-order valence-electron chi connectivity index (χ0n) is 13.4. The van der Waals surface area contributed by atoms with Crippen LogP contribution in [-0.2, 0) is 9.53 Å². The van der Waals surface area contributed by atoms with Crippen LogP contribution in [0.3, 0.4) is 0 Å². The molecule has 126 valence electrons. The molecule has 0 radical (unpaired) electrons. The Bertz CT molecular complexity index is 715. The summed E-state index contributed by atoms with van der Waals surface area (Å²) in [5, 5.41) is 2.66. The number of benzene rings is 2. The number of halogens is 1. The minimum absolute atomic E-state index is 0.172. The average Bonchev–Trinajstić information content (AvgIpc) is 2.57.